The van der Waals surface area contributed by atoms with Crippen LogP contribution in [0.2, 0.25) is 0 Å². The fourth-order valence-electron chi connectivity index (χ4n) is 1.02. The maximum atomic E-state index is 5.25. The van der Waals surface area contributed by atoms with Crippen LogP contribution in [-0.2, 0) is 0 Å². The van der Waals surface area contributed by atoms with Crippen molar-refractivity contribution >= 4 is 5.65 Å². The SMILES string of the molecule is NCC#Cc1ccc2nccn2n1. The van der Waals surface area contributed by atoms with E-state index in [1.54, 1.807) is 16.9 Å². The molecule has 13 heavy (non-hydrogen) atoms. The molecular weight excluding hydrogens is 164 g/mol. The summed E-state index contributed by atoms with van der Waals surface area (Å²) in [4.78, 5) is 4.07. The van der Waals surface area contributed by atoms with E-state index in [9.17, 15) is 0 Å². The highest BCUT2D eigenvalue weighted by atomic mass is 15.2. The first kappa shape index (κ1) is 7.77. The number of imidazole rings is 1. The van der Waals surface area contributed by atoms with Gasteiger partial charge in [-0.2, -0.15) is 5.10 Å². The Morgan fingerprint density at radius 3 is 3.23 bits per heavy atom. The van der Waals surface area contributed by atoms with Crippen molar-refractivity contribution in [2.24, 2.45) is 5.73 Å². The number of hydrogen-bond donors (Lipinski definition) is 1. The van der Waals surface area contributed by atoms with Gasteiger partial charge in [-0.3, -0.25) is 0 Å². The van der Waals surface area contributed by atoms with Crippen molar-refractivity contribution in [2.75, 3.05) is 6.54 Å². The van der Waals surface area contributed by atoms with Crippen molar-refractivity contribution in [1.29, 1.82) is 0 Å². The van der Waals surface area contributed by atoms with E-state index in [0.717, 1.165) is 5.65 Å². The summed E-state index contributed by atoms with van der Waals surface area (Å²) < 4.78 is 1.68. The maximum Gasteiger partial charge on any atom is 0.153 e. The first-order chi connectivity index (χ1) is 6.40. The predicted molar refractivity (Wildman–Crippen MR) is 48.9 cm³/mol. The van der Waals surface area contributed by atoms with E-state index in [1.165, 1.54) is 0 Å². The highest BCUT2D eigenvalue weighted by molar-refractivity contribution is 5.39. The van der Waals surface area contributed by atoms with E-state index in [4.69, 9.17) is 5.73 Å². The fraction of sp³-hybridized carbons (Fsp3) is 0.111. The molecule has 4 nitrogen and oxygen atoms in total. The lowest BCUT2D eigenvalue weighted by atomic mass is 10.4. The molecule has 0 bridgehead atoms. The van der Waals surface area contributed by atoms with Crippen molar-refractivity contribution in [1.82, 2.24) is 14.6 Å². The summed E-state index contributed by atoms with van der Waals surface area (Å²) in [6.07, 6.45) is 3.48. The summed E-state index contributed by atoms with van der Waals surface area (Å²) in [5.41, 5.74) is 6.77. The molecule has 0 aliphatic carbocycles. The summed E-state index contributed by atoms with van der Waals surface area (Å²) in [6, 6.07) is 3.69. The predicted octanol–water partition coefficient (Wildman–Crippen LogP) is 0.0395. The average Bonchev–Trinajstić information content (AvgIpc) is 2.61. The minimum atomic E-state index is 0.351. The summed E-state index contributed by atoms with van der Waals surface area (Å²) in [5.74, 6) is 5.59. The Morgan fingerprint density at radius 2 is 2.38 bits per heavy atom. The normalized spacial score (nSPS) is 9.62. The van der Waals surface area contributed by atoms with Gasteiger partial charge in [-0.1, -0.05) is 5.92 Å². The second-order valence-corrected chi connectivity index (χ2v) is 2.45. The molecule has 2 aromatic rings. The van der Waals surface area contributed by atoms with E-state index in [0.29, 0.717) is 12.2 Å². The topological polar surface area (TPSA) is 56.2 Å². The van der Waals surface area contributed by atoms with E-state index < -0.39 is 0 Å². The van der Waals surface area contributed by atoms with E-state index in [2.05, 4.69) is 21.9 Å². The van der Waals surface area contributed by atoms with Gasteiger partial charge in [-0.05, 0) is 18.1 Å². The smallest absolute Gasteiger partial charge is 0.153 e. The average molecular weight is 172 g/mol. The van der Waals surface area contributed by atoms with Crippen LogP contribution in [0, 0.1) is 11.8 Å². The monoisotopic (exact) mass is 172 g/mol. The van der Waals surface area contributed by atoms with Crippen LogP contribution in [0.4, 0.5) is 0 Å². The quantitative estimate of drug-likeness (QED) is 0.571. The maximum absolute atomic E-state index is 5.25. The third-order valence-corrected chi connectivity index (χ3v) is 1.57. The van der Waals surface area contributed by atoms with Gasteiger partial charge < -0.3 is 5.73 Å². The van der Waals surface area contributed by atoms with Gasteiger partial charge in [0.1, 0.15) is 5.69 Å². The fourth-order valence-corrected chi connectivity index (χ4v) is 1.02. The number of aromatic nitrogens is 3. The van der Waals surface area contributed by atoms with Crippen LogP contribution < -0.4 is 5.73 Å². The molecule has 64 valence electrons. The lowest BCUT2D eigenvalue weighted by molar-refractivity contribution is 0.923. The standard InChI is InChI=1S/C9H8N4/c10-5-1-2-8-3-4-9-11-6-7-13(9)12-8/h3-4,6-7H,5,10H2. The highest BCUT2D eigenvalue weighted by Crippen LogP contribution is 1.98. The largest absolute Gasteiger partial charge is 0.320 e. The molecule has 2 heterocycles. The lowest BCUT2D eigenvalue weighted by Gasteiger charge is -1.91. The van der Waals surface area contributed by atoms with E-state index in [-0.39, 0.29) is 0 Å². The van der Waals surface area contributed by atoms with Gasteiger partial charge >= 0.3 is 0 Å². The zero-order valence-electron chi connectivity index (χ0n) is 6.94. The summed E-state index contributed by atoms with van der Waals surface area (Å²) in [6.45, 7) is 0.351. The van der Waals surface area contributed by atoms with Crippen molar-refractivity contribution in [3.8, 4) is 11.8 Å². The van der Waals surface area contributed by atoms with Crippen molar-refractivity contribution in [3.63, 3.8) is 0 Å². The third-order valence-electron chi connectivity index (χ3n) is 1.57. The lowest BCUT2D eigenvalue weighted by Crippen LogP contribution is -1.96. The molecule has 2 N–H and O–H groups in total. The van der Waals surface area contributed by atoms with Gasteiger partial charge in [0, 0.05) is 12.4 Å². The molecule has 0 saturated heterocycles. The number of fused-ring (bicyclic) bond motifs is 1. The highest BCUT2D eigenvalue weighted by Gasteiger charge is 1.93. The Hall–Kier alpha value is -1.86. The first-order valence-electron chi connectivity index (χ1n) is 3.89. The van der Waals surface area contributed by atoms with Gasteiger partial charge in [-0.25, -0.2) is 9.50 Å². The number of rotatable bonds is 0. The van der Waals surface area contributed by atoms with Crippen LogP contribution in [0.5, 0.6) is 0 Å². The summed E-state index contributed by atoms with van der Waals surface area (Å²) >= 11 is 0. The molecule has 2 rings (SSSR count). The van der Waals surface area contributed by atoms with Gasteiger partial charge in [0.2, 0.25) is 0 Å². The molecule has 0 amide bonds. The molecule has 0 aliphatic rings. The molecule has 2 aromatic heterocycles. The van der Waals surface area contributed by atoms with Crippen LogP contribution in [0.25, 0.3) is 5.65 Å². The van der Waals surface area contributed by atoms with Crippen LogP contribution in [-0.4, -0.2) is 21.1 Å². The molecular formula is C9H8N4. The Bertz CT molecular complexity index is 475. The molecule has 0 aliphatic heterocycles. The molecule has 0 aromatic carbocycles. The van der Waals surface area contributed by atoms with Crippen LogP contribution >= 0.6 is 0 Å². The first-order valence-corrected chi connectivity index (χ1v) is 3.89. The number of nitrogens with two attached hydrogens (primary N) is 1. The third kappa shape index (κ3) is 1.50. The summed E-state index contributed by atoms with van der Waals surface area (Å²) in [7, 11) is 0. The van der Waals surface area contributed by atoms with Crippen molar-refractivity contribution < 1.29 is 0 Å². The van der Waals surface area contributed by atoms with Crippen LogP contribution in [0.1, 0.15) is 5.69 Å². The molecule has 0 saturated carbocycles. The van der Waals surface area contributed by atoms with Crippen molar-refractivity contribution in [3.05, 3.63) is 30.2 Å². The summed E-state index contributed by atoms with van der Waals surface area (Å²) in [5, 5.41) is 4.20. The second kappa shape index (κ2) is 3.25. The van der Waals surface area contributed by atoms with Gasteiger partial charge in [0.05, 0.1) is 6.54 Å². The van der Waals surface area contributed by atoms with Crippen molar-refractivity contribution in [2.45, 2.75) is 0 Å². The Morgan fingerprint density at radius 1 is 1.46 bits per heavy atom. The second-order valence-electron chi connectivity index (χ2n) is 2.45. The van der Waals surface area contributed by atoms with Gasteiger partial charge in [0.25, 0.3) is 0 Å². The van der Waals surface area contributed by atoms with Crippen LogP contribution in [0.3, 0.4) is 0 Å². The number of nitrogens with zero attached hydrogens (tertiary/aromatic N) is 3. The Kier molecular flexibility index (Phi) is 1.94. The minimum absolute atomic E-state index is 0.351. The molecule has 0 radical (unpaired) electrons. The van der Waals surface area contributed by atoms with Crippen LogP contribution in [0.15, 0.2) is 24.5 Å². The zero-order valence-corrected chi connectivity index (χ0v) is 6.94. The van der Waals surface area contributed by atoms with E-state index >= 15 is 0 Å². The molecule has 4 heteroatoms. The number of hydrogen-bond acceptors (Lipinski definition) is 3. The molecule has 0 spiro atoms. The molecule has 0 unspecified atom stereocenters. The Balaban J connectivity index is 2.48. The molecule has 0 fully saturated rings. The van der Waals surface area contributed by atoms with Gasteiger partial charge in [0.15, 0.2) is 5.65 Å². The van der Waals surface area contributed by atoms with E-state index in [1.807, 2.05) is 12.1 Å². The zero-order chi connectivity index (χ0) is 9.10. The van der Waals surface area contributed by atoms with Gasteiger partial charge in [-0.15, -0.1) is 0 Å². The minimum Gasteiger partial charge on any atom is -0.320 e. The Labute approximate surface area is 75.4 Å². The molecule has 0 atom stereocenters.